The molecule has 0 amide bonds. The molecule has 2 unspecified atom stereocenters. The SMILES string of the molecule is CC#CC(C)(F)C(C)N. The van der Waals surface area contributed by atoms with Gasteiger partial charge in [-0.15, -0.1) is 5.92 Å². The summed E-state index contributed by atoms with van der Waals surface area (Å²) in [6.07, 6.45) is 0. The molecule has 2 atom stereocenters. The number of hydrogen-bond donors (Lipinski definition) is 1. The highest BCUT2D eigenvalue weighted by Gasteiger charge is 2.24. The van der Waals surface area contributed by atoms with Crippen LogP contribution in [-0.2, 0) is 0 Å². The van der Waals surface area contributed by atoms with Gasteiger partial charge >= 0.3 is 0 Å². The maximum Gasteiger partial charge on any atom is 0.182 e. The number of alkyl halides is 1. The molecule has 1 nitrogen and oxygen atoms in total. The Kier molecular flexibility index (Phi) is 2.66. The molecular formula is C7H12FN. The van der Waals surface area contributed by atoms with Gasteiger partial charge < -0.3 is 5.73 Å². The molecular weight excluding hydrogens is 117 g/mol. The summed E-state index contributed by atoms with van der Waals surface area (Å²) >= 11 is 0. The Bertz CT molecular complexity index is 139. The average Bonchev–Trinajstić information content (AvgIpc) is 1.65. The maximum atomic E-state index is 12.9. The van der Waals surface area contributed by atoms with Crippen LogP contribution in [0.25, 0.3) is 0 Å². The summed E-state index contributed by atoms with van der Waals surface area (Å²) in [6, 6.07) is -0.523. The molecule has 0 aliphatic rings. The van der Waals surface area contributed by atoms with Crippen LogP contribution in [-0.4, -0.2) is 11.7 Å². The molecule has 0 saturated carbocycles. The van der Waals surface area contributed by atoms with Crippen LogP contribution in [0.2, 0.25) is 0 Å². The van der Waals surface area contributed by atoms with Gasteiger partial charge in [0.15, 0.2) is 5.67 Å². The Morgan fingerprint density at radius 1 is 1.67 bits per heavy atom. The van der Waals surface area contributed by atoms with Gasteiger partial charge in [-0.1, -0.05) is 5.92 Å². The highest BCUT2D eigenvalue weighted by molar-refractivity contribution is 5.13. The molecule has 0 spiro atoms. The first-order chi connectivity index (χ1) is 4.00. The van der Waals surface area contributed by atoms with Crippen LogP contribution in [0.1, 0.15) is 20.8 Å². The summed E-state index contributed by atoms with van der Waals surface area (Å²) in [5.74, 6) is 4.86. The lowest BCUT2D eigenvalue weighted by Gasteiger charge is -2.16. The molecule has 0 aromatic heterocycles. The minimum absolute atomic E-state index is 0.523. The largest absolute Gasteiger partial charge is 0.324 e. The molecule has 2 heteroatoms. The molecule has 0 bridgehead atoms. The van der Waals surface area contributed by atoms with Crippen molar-refractivity contribution < 1.29 is 4.39 Å². The zero-order valence-electron chi connectivity index (χ0n) is 6.03. The van der Waals surface area contributed by atoms with E-state index in [0.29, 0.717) is 0 Å². The predicted molar refractivity (Wildman–Crippen MR) is 36.6 cm³/mol. The summed E-state index contributed by atoms with van der Waals surface area (Å²) in [5, 5.41) is 0. The van der Waals surface area contributed by atoms with Crippen molar-refractivity contribution in [2.24, 2.45) is 5.73 Å². The Labute approximate surface area is 55.4 Å². The van der Waals surface area contributed by atoms with Gasteiger partial charge in [0.2, 0.25) is 0 Å². The van der Waals surface area contributed by atoms with Crippen molar-refractivity contribution in [3.63, 3.8) is 0 Å². The Balaban J connectivity index is 4.13. The van der Waals surface area contributed by atoms with Gasteiger partial charge in [0.25, 0.3) is 0 Å². The molecule has 0 rings (SSSR count). The van der Waals surface area contributed by atoms with Gasteiger partial charge in [0.1, 0.15) is 0 Å². The van der Waals surface area contributed by atoms with Crippen LogP contribution in [0.3, 0.4) is 0 Å². The smallest absolute Gasteiger partial charge is 0.182 e. The van der Waals surface area contributed by atoms with Gasteiger partial charge in [-0.2, -0.15) is 0 Å². The lowest BCUT2D eigenvalue weighted by molar-refractivity contribution is 0.232. The van der Waals surface area contributed by atoms with E-state index >= 15 is 0 Å². The fourth-order valence-corrected chi connectivity index (χ4v) is 0.358. The van der Waals surface area contributed by atoms with E-state index < -0.39 is 11.7 Å². The summed E-state index contributed by atoms with van der Waals surface area (Å²) in [6.45, 7) is 4.58. The highest BCUT2D eigenvalue weighted by Crippen LogP contribution is 2.11. The first kappa shape index (κ1) is 8.45. The topological polar surface area (TPSA) is 26.0 Å². The van der Waals surface area contributed by atoms with Gasteiger partial charge in [-0.25, -0.2) is 4.39 Å². The summed E-state index contributed by atoms with van der Waals surface area (Å²) in [7, 11) is 0. The third kappa shape index (κ3) is 2.48. The summed E-state index contributed by atoms with van der Waals surface area (Å²) in [5.41, 5.74) is 3.75. The highest BCUT2D eigenvalue weighted by atomic mass is 19.1. The maximum absolute atomic E-state index is 12.9. The van der Waals surface area contributed by atoms with Crippen molar-refractivity contribution in [3.8, 4) is 11.8 Å². The lowest BCUT2D eigenvalue weighted by atomic mass is 10.0. The normalized spacial score (nSPS) is 19.2. The number of halogens is 1. The van der Waals surface area contributed by atoms with E-state index in [9.17, 15) is 4.39 Å². The molecule has 0 aromatic carbocycles. The molecule has 9 heavy (non-hydrogen) atoms. The van der Waals surface area contributed by atoms with Gasteiger partial charge in [-0.3, -0.25) is 0 Å². The lowest BCUT2D eigenvalue weighted by Crippen LogP contribution is -2.37. The van der Waals surface area contributed by atoms with Crippen LogP contribution in [0, 0.1) is 11.8 Å². The van der Waals surface area contributed by atoms with Crippen molar-refractivity contribution in [2.45, 2.75) is 32.5 Å². The second-order valence-electron chi connectivity index (χ2n) is 2.24. The molecule has 0 aliphatic carbocycles. The van der Waals surface area contributed by atoms with E-state index in [0.717, 1.165) is 0 Å². The van der Waals surface area contributed by atoms with Crippen molar-refractivity contribution in [3.05, 3.63) is 0 Å². The monoisotopic (exact) mass is 129 g/mol. The van der Waals surface area contributed by atoms with Gasteiger partial charge in [0.05, 0.1) is 0 Å². The van der Waals surface area contributed by atoms with Crippen molar-refractivity contribution in [1.82, 2.24) is 0 Å². The first-order valence-corrected chi connectivity index (χ1v) is 2.89. The van der Waals surface area contributed by atoms with Gasteiger partial charge in [-0.05, 0) is 20.8 Å². The molecule has 52 valence electrons. The van der Waals surface area contributed by atoms with E-state index in [-0.39, 0.29) is 0 Å². The standard InChI is InChI=1S/C7H12FN/c1-4-5-7(3,8)6(2)9/h6H,9H2,1-3H3. The van der Waals surface area contributed by atoms with Crippen LogP contribution >= 0.6 is 0 Å². The molecule has 0 fully saturated rings. The second kappa shape index (κ2) is 2.84. The van der Waals surface area contributed by atoms with Crippen molar-refractivity contribution >= 4 is 0 Å². The Hall–Kier alpha value is -0.550. The summed E-state index contributed by atoms with van der Waals surface area (Å²) < 4.78 is 12.9. The van der Waals surface area contributed by atoms with Crippen molar-refractivity contribution in [2.75, 3.05) is 0 Å². The minimum Gasteiger partial charge on any atom is -0.324 e. The molecule has 0 radical (unpaired) electrons. The van der Waals surface area contributed by atoms with E-state index in [2.05, 4.69) is 11.8 Å². The van der Waals surface area contributed by atoms with Gasteiger partial charge in [0, 0.05) is 6.04 Å². The fourth-order valence-electron chi connectivity index (χ4n) is 0.358. The average molecular weight is 129 g/mol. The van der Waals surface area contributed by atoms with E-state index in [1.165, 1.54) is 6.92 Å². The fraction of sp³-hybridized carbons (Fsp3) is 0.714. The zero-order chi connectivity index (χ0) is 7.49. The molecule has 0 aliphatic heterocycles. The molecule has 0 heterocycles. The van der Waals surface area contributed by atoms with E-state index in [1.54, 1.807) is 13.8 Å². The minimum atomic E-state index is -1.53. The van der Waals surface area contributed by atoms with Crippen LogP contribution in [0.5, 0.6) is 0 Å². The van der Waals surface area contributed by atoms with E-state index in [1.807, 2.05) is 0 Å². The number of hydrogen-bond acceptors (Lipinski definition) is 1. The second-order valence-corrected chi connectivity index (χ2v) is 2.24. The molecule has 0 aromatic rings. The van der Waals surface area contributed by atoms with Crippen molar-refractivity contribution in [1.29, 1.82) is 0 Å². The zero-order valence-corrected chi connectivity index (χ0v) is 6.03. The Morgan fingerprint density at radius 2 is 2.11 bits per heavy atom. The molecule has 0 saturated heterocycles. The summed E-state index contributed by atoms with van der Waals surface area (Å²) in [4.78, 5) is 0. The predicted octanol–water partition coefficient (Wildman–Crippen LogP) is 1.09. The molecule has 2 N–H and O–H groups in total. The third-order valence-corrected chi connectivity index (χ3v) is 1.22. The van der Waals surface area contributed by atoms with Crippen LogP contribution < -0.4 is 5.73 Å². The first-order valence-electron chi connectivity index (χ1n) is 2.89. The third-order valence-electron chi connectivity index (χ3n) is 1.22. The number of rotatable bonds is 1. The quantitative estimate of drug-likeness (QED) is 0.527. The van der Waals surface area contributed by atoms with Crippen LogP contribution in [0.4, 0.5) is 4.39 Å². The van der Waals surface area contributed by atoms with Crippen LogP contribution in [0.15, 0.2) is 0 Å². The van der Waals surface area contributed by atoms with E-state index in [4.69, 9.17) is 5.73 Å². The Morgan fingerprint density at radius 3 is 2.22 bits per heavy atom. The number of nitrogens with two attached hydrogens (primary N) is 1.